The molecule has 0 aliphatic heterocycles. The number of allylic oxidation sites excluding steroid dienone is 1. The van der Waals surface area contributed by atoms with Crippen molar-refractivity contribution in [1.29, 1.82) is 0 Å². The highest BCUT2D eigenvalue weighted by Crippen LogP contribution is 2.53. The van der Waals surface area contributed by atoms with Crippen LogP contribution in [0.25, 0.3) is 11.1 Å². The number of halogens is 2. The van der Waals surface area contributed by atoms with Gasteiger partial charge in [0.15, 0.2) is 11.6 Å². The van der Waals surface area contributed by atoms with Crippen LogP contribution in [0, 0.1) is 23.0 Å². The monoisotopic (exact) mass is 558 g/mol. The summed E-state index contributed by atoms with van der Waals surface area (Å²) in [6.07, 6.45) is 8.86. The molecule has 0 amide bonds. The van der Waals surface area contributed by atoms with Gasteiger partial charge in [-0.2, -0.15) is 0 Å². The average Bonchev–Trinajstić information content (AvgIpc) is 3.30. The number of aryl methyl sites for hydroxylation is 1. The molecule has 0 bridgehead atoms. The number of rotatable bonds is 7. The molecule has 3 aromatic rings. The van der Waals surface area contributed by atoms with E-state index in [2.05, 4.69) is 19.9 Å². The second-order valence-electron chi connectivity index (χ2n) is 12.5. The fourth-order valence-corrected chi connectivity index (χ4v) is 7.46. The summed E-state index contributed by atoms with van der Waals surface area (Å²) in [5.74, 6) is -1.47. The van der Waals surface area contributed by atoms with Crippen LogP contribution in [0.2, 0.25) is 0 Å². The zero-order valence-corrected chi connectivity index (χ0v) is 23.8. The SMILES string of the molecule is COc1ccc(F)c(-c2ccc(COc3ccc4c(c3F)[C@]3(C=C[C@@H]3C(=O)O)CCC4)cc2[C@H]2CCCC2(C)C)c1. The van der Waals surface area contributed by atoms with Gasteiger partial charge in [-0.3, -0.25) is 4.79 Å². The minimum atomic E-state index is -0.930. The number of carbonyl (C=O) groups is 1. The molecule has 6 rings (SSSR count). The Hall–Kier alpha value is -3.67. The van der Waals surface area contributed by atoms with Gasteiger partial charge < -0.3 is 14.6 Å². The molecule has 3 aliphatic carbocycles. The molecule has 214 valence electrons. The van der Waals surface area contributed by atoms with Crippen LogP contribution in [-0.2, 0) is 23.2 Å². The summed E-state index contributed by atoms with van der Waals surface area (Å²) in [7, 11) is 1.57. The quantitative estimate of drug-likeness (QED) is 0.296. The third-order valence-corrected chi connectivity index (χ3v) is 9.71. The highest BCUT2D eigenvalue weighted by atomic mass is 19.1. The van der Waals surface area contributed by atoms with Crippen molar-refractivity contribution in [2.45, 2.75) is 70.3 Å². The predicted molar refractivity (Wildman–Crippen MR) is 154 cm³/mol. The van der Waals surface area contributed by atoms with Crippen molar-refractivity contribution in [3.63, 3.8) is 0 Å². The molecular formula is C35H36F2O4. The number of fused-ring (bicyclic) bond motifs is 2. The molecule has 3 aliphatic rings. The molecule has 1 saturated carbocycles. The highest BCUT2D eigenvalue weighted by Gasteiger charge is 2.51. The highest BCUT2D eigenvalue weighted by molar-refractivity contribution is 5.79. The van der Waals surface area contributed by atoms with Crippen molar-refractivity contribution in [1.82, 2.24) is 0 Å². The third-order valence-electron chi connectivity index (χ3n) is 9.71. The van der Waals surface area contributed by atoms with E-state index in [1.54, 1.807) is 31.4 Å². The van der Waals surface area contributed by atoms with E-state index < -0.39 is 23.1 Å². The van der Waals surface area contributed by atoms with Crippen LogP contribution in [0.15, 0.2) is 60.7 Å². The zero-order valence-electron chi connectivity index (χ0n) is 23.8. The van der Waals surface area contributed by atoms with Gasteiger partial charge in [0, 0.05) is 16.5 Å². The fourth-order valence-electron chi connectivity index (χ4n) is 7.46. The summed E-state index contributed by atoms with van der Waals surface area (Å²) in [4.78, 5) is 11.9. The number of carboxylic acid groups (broad SMARTS) is 1. The Morgan fingerprint density at radius 1 is 1.02 bits per heavy atom. The Morgan fingerprint density at radius 2 is 1.85 bits per heavy atom. The van der Waals surface area contributed by atoms with Crippen molar-refractivity contribution in [2.24, 2.45) is 11.3 Å². The van der Waals surface area contributed by atoms with Crippen LogP contribution >= 0.6 is 0 Å². The van der Waals surface area contributed by atoms with Gasteiger partial charge in [0.2, 0.25) is 0 Å². The van der Waals surface area contributed by atoms with E-state index in [0.29, 0.717) is 23.3 Å². The van der Waals surface area contributed by atoms with Crippen LogP contribution in [0.5, 0.6) is 11.5 Å². The van der Waals surface area contributed by atoms with Crippen molar-refractivity contribution < 1.29 is 28.2 Å². The first-order chi connectivity index (χ1) is 19.6. The molecule has 1 spiro atoms. The Labute approximate surface area is 240 Å². The van der Waals surface area contributed by atoms with Crippen molar-refractivity contribution in [3.05, 3.63) is 94.6 Å². The summed E-state index contributed by atoms with van der Waals surface area (Å²) >= 11 is 0. The van der Waals surface area contributed by atoms with Gasteiger partial charge in [0.05, 0.1) is 13.0 Å². The summed E-state index contributed by atoms with van der Waals surface area (Å²) in [6, 6.07) is 14.3. The van der Waals surface area contributed by atoms with Crippen molar-refractivity contribution >= 4 is 5.97 Å². The van der Waals surface area contributed by atoms with E-state index in [1.807, 2.05) is 24.3 Å². The first-order valence-electron chi connectivity index (χ1n) is 14.5. The maximum atomic E-state index is 16.0. The van der Waals surface area contributed by atoms with Crippen LogP contribution in [0.1, 0.15) is 74.1 Å². The van der Waals surface area contributed by atoms with Crippen LogP contribution < -0.4 is 9.47 Å². The maximum Gasteiger partial charge on any atom is 0.311 e. The molecule has 3 atom stereocenters. The van der Waals surface area contributed by atoms with Gasteiger partial charge in [0.25, 0.3) is 0 Å². The number of hydrogen-bond donors (Lipinski definition) is 1. The summed E-state index contributed by atoms with van der Waals surface area (Å²) in [5, 5.41) is 9.76. The lowest BCUT2D eigenvalue weighted by Crippen LogP contribution is -2.46. The predicted octanol–water partition coefficient (Wildman–Crippen LogP) is 8.36. The largest absolute Gasteiger partial charge is 0.497 e. The van der Waals surface area contributed by atoms with E-state index >= 15 is 8.78 Å². The summed E-state index contributed by atoms with van der Waals surface area (Å²) in [6.45, 7) is 4.66. The lowest BCUT2D eigenvalue weighted by atomic mass is 9.57. The maximum absolute atomic E-state index is 16.0. The Balaban J connectivity index is 1.34. The molecule has 3 aromatic carbocycles. The third kappa shape index (κ3) is 4.61. The topological polar surface area (TPSA) is 55.8 Å². The second kappa shape index (κ2) is 10.3. The van der Waals surface area contributed by atoms with Crippen LogP contribution in [-0.4, -0.2) is 18.2 Å². The number of ether oxygens (including phenoxy) is 2. The molecule has 0 heterocycles. The molecule has 0 aromatic heterocycles. The molecular weight excluding hydrogens is 522 g/mol. The smallest absolute Gasteiger partial charge is 0.311 e. The van der Waals surface area contributed by atoms with E-state index in [-0.39, 0.29) is 29.5 Å². The van der Waals surface area contributed by atoms with Crippen LogP contribution in [0.4, 0.5) is 8.78 Å². The van der Waals surface area contributed by atoms with Gasteiger partial charge >= 0.3 is 5.97 Å². The lowest BCUT2D eigenvalue weighted by molar-refractivity contribution is -0.142. The van der Waals surface area contributed by atoms with E-state index in [0.717, 1.165) is 54.4 Å². The molecule has 41 heavy (non-hydrogen) atoms. The lowest BCUT2D eigenvalue weighted by Gasteiger charge is -2.45. The van der Waals surface area contributed by atoms with Gasteiger partial charge in [0.1, 0.15) is 18.2 Å². The van der Waals surface area contributed by atoms with E-state index in [4.69, 9.17) is 9.47 Å². The van der Waals surface area contributed by atoms with Crippen molar-refractivity contribution in [2.75, 3.05) is 7.11 Å². The summed E-state index contributed by atoms with van der Waals surface area (Å²) in [5.41, 5.74) is 3.83. The van der Waals surface area contributed by atoms with Crippen molar-refractivity contribution in [3.8, 4) is 22.6 Å². The minimum absolute atomic E-state index is 0.0550. The Kier molecular flexibility index (Phi) is 6.91. The van der Waals surface area contributed by atoms with Gasteiger partial charge in [-0.1, -0.05) is 56.7 Å². The first-order valence-corrected chi connectivity index (χ1v) is 14.5. The first kappa shape index (κ1) is 27.5. The fraction of sp³-hybridized carbons (Fsp3) is 0.400. The number of aliphatic carboxylic acids is 1. The number of hydrogen-bond acceptors (Lipinski definition) is 3. The Morgan fingerprint density at radius 3 is 2.54 bits per heavy atom. The van der Waals surface area contributed by atoms with Gasteiger partial charge in [-0.05, 0) is 90.0 Å². The molecule has 0 radical (unpaired) electrons. The minimum Gasteiger partial charge on any atom is -0.497 e. The normalized spacial score (nSPS) is 24.1. The zero-order chi connectivity index (χ0) is 28.9. The number of methoxy groups -OCH3 is 1. The standard InChI is InChI=1S/C35H36F2O4/c1-34(2)15-5-7-27(34)25-18-21(8-11-24(25)26-19-23(40-3)10-12-29(26)36)20-41-30-13-9-22-6-4-16-35(31(22)32(30)37)17-14-28(35)33(38)39/h8-14,17-19,27-28H,4-7,15-16,20H2,1-3H3,(H,38,39)/t27-,28-,35+/m1/s1. The molecule has 0 saturated heterocycles. The molecule has 1 N–H and O–H groups in total. The molecule has 0 unspecified atom stereocenters. The van der Waals surface area contributed by atoms with E-state index in [9.17, 15) is 9.90 Å². The average molecular weight is 559 g/mol. The summed E-state index contributed by atoms with van der Waals surface area (Å²) < 4.78 is 42.6. The molecule has 6 heteroatoms. The molecule has 4 nitrogen and oxygen atoms in total. The van der Waals surface area contributed by atoms with Gasteiger partial charge in [-0.25, -0.2) is 8.78 Å². The van der Waals surface area contributed by atoms with Gasteiger partial charge in [-0.15, -0.1) is 0 Å². The van der Waals surface area contributed by atoms with Crippen LogP contribution in [0.3, 0.4) is 0 Å². The second-order valence-corrected chi connectivity index (χ2v) is 12.5. The molecule has 1 fully saturated rings. The number of carboxylic acids is 1. The Bertz CT molecular complexity index is 1540. The number of benzene rings is 3. The van der Waals surface area contributed by atoms with E-state index in [1.165, 1.54) is 6.07 Å².